The second kappa shape index (κ2) is 12.3. The third kappa shape index (κ3) is 4.87. The Labute approximate surface area is 326 Å². The van der Waals surface area contributed by atoms with Gasteiger partial charge in [0.2, 0.25) is 0 Å². The van der Waals surface area contributed by atoms with Gasteiger partial charge in [-0.2, -0.15) is 0 Å². The van der Waals surface area contributed by atoms with E-state index in [9.17, 15) is 0 Å². The van der Waals surface area contributed by atoms with Crippen LogP contribution in [0.15, 0.2) is 192 Å². The zero-order chi connectivity index (χ0) is 37.5. The first kappa shape index (κ1) is 31.5. The first-order chi connectivity index (χ1) is 28.3. The molecule has 266 valence electrons. The topological polar surface area (TPSA) is 61.7 Å². The van der Waals surface area contributed by atoms with Crippen LogP contribution in [0.5, 0.6) is 0 Å². The highest BCUT2D eigenvalue weighted by atomic mass is 16.3. The van der Waals surface area contributed by atoms with Gasteiger partial charge in [0.15, 0.2) is 17.5 Å². The van der Waals surface area contributed by atoms with Gasteiger partial charge in [0.05, 0.1) is 22.1 Å². The van der Waals surface area contributed by atoms with Crippen molar-refractivity contribution in [3.8, 4) is 45.5 Å². The highest BCUT2D eigenvalue weighted by molar-refractivity contribution is 6.23. The number of aromatic nitrogens is 5. The quantitative estimate of drug-likeness (QED) is 0.177. The van der Waals surface area contributed by atoms with Gasteiger partial charge < -0.3 is 13.6 Å². The molecular weight excluding hydrogens is 699 g/mol. The van der Waals surface area contributed by atoms with E-state index in [4.69, 9.17) is 19.4 Å². The van der Waals surface area contributed by atoms with E-state index in [-0.39, 0.29) is 0 Å². The highest BCUT2D eigenvalue weighted by Crippen LogP contribution is 2.42. The van der Waals surface area contributed by atoms with E-state index >= 15 is 0 Å². The molecular formula is C51H31N5O. The van der Waals surface area contributed by atoms with Crippen LogP contribution in [0.1, 0.15) is 0 Å². The Morgan fingerprint density at radius 3 is 1.47 bits per heavy atom. The van der Waals surface area contributed by atoms with Crippen LogP contribution in [-0.2, 0) is 0 Å². The molecule has 8 aromatic carbocycles. The fourth-order valence-corrected chi connectivity index (χ4v) is 8.61. The Hall–Kier alpha value is -7.83. The molecule has 0 N–H and O–H groups in total. The lowest BCUT2D eigenvalue weighted by molar-refractivity contribution is 0.669. The molecule has 0 saturated heterocycles. The van der Waals surface area contributed by atoms with Crippen molar-refractivity contribution in [3.63, 3.8) is 0 Å². The van der Waals surface area contributed by atoms with E-state index in [0.29, 0.717) is 17.5 Å². The van der Waals surface area contributed by atoms with Crippen LogP contribution in [-0.4, -0.2) is 24.1 Å². The molecule has 4 aromatic heterocycles. The minimum atomic E-state index is 0.581. The van der Waals surface area contributed by atoms with Crippen molar-refractivity contribution in [3.05, 3.63) is 188 Å². The molecule has 0 atom stereocenters. The fraction of sp³-hybridized carbons (Fsp3) is 0. The Morgan fingerprint density at radius 1 is 0.316 bits per heavy atom. The minimum Gasteiger partial charge on any atom is -0.456 e. The second-order valence-electron chi connectivity index (χ2n) is 14.4. The predicted octanol–water partition coefficient (Wildman–Crippen LogP) is 13.0. The summed E-state index contributed by atoms with van der Waals surface area (Å²) in [5.74, 6) is 1.78. The second-order valence-corrected chi connectivity index (χ2v) is 14.4. The van der Waals surface area contributed by atoms with E-state index in [0.717, 1.165) is 66.6 Å². The molecule has 12 aromatic rings. The van der Waals surface area contributed by atoms with Gasteiger partial charge in [0.1, 0.15) is 11.2 Å². The minimum absolute atomic E-state index is 0.581. The van der Waals surface area contributed by atoms with Crippen molar-refractivity contribution in [1.29, 1.82) is 0 Å². The van der Waals surface area contributed by atoms with Crippen LogP contribution in [0.25, 0.3) is 111 Å². The zero-order valence-corrected chi connectivity index (χ0v) is 30.5. The molecule has 12 rings (SSSR count). The van der Waals surface area contributed by atoms with Crippen molar-refractivity contribution >= 4 is 65.6 Å². The Bertz CT molecular complexity index is 3520. The van der Waals surface area contributed by atoms with Crippen LogP contribution < -0.4 is 0 Å². The number of furan rings is 1. The maximum atomic E-state index is 6.28. The predicted molar refractivity (Wildman–Crippen MR) is 232 cm³/mol. The van der Waals surface area contributed by atoms with Crippen molar-refractivity contribution < 1.29 is 4.42 Å². The zero-order valence-electron chi connectivity index (χ0n) is 30.5. The third-order valence-corrected chi connectivity index (χ3v) is 11.1. The monoisotopic (exact) mass is 729 g/mol. The van der Waals surface area contributed by atoms with Gasteiger partial charge in [-0.15, -0.1) is 0 Å². The number of fused-ring (bicyclic) bond motifs is 10. The number of para-hydroxylation sites is 4. The summed E-state index contributed by atoms with van der Waals surface area (Å²) in [5.41, 5.74) is 11.1. The maximum absolute atomic E-state index is 6.28. The molecule has 0 spiro atoms. The van der Waals surface area contributed by atoms with Gasteiger partial charge in [-0.05, 0) is 54.6 Å². The summed E-state index contributed by atoms with van der Waals surface area (Å²) in [4.78, 5) is 15.3. The van der Waals surface area contributed by atoms with Gasteiger partial charge in [0, 0.05) is 60.4 Å². The van der Waals surface area contributed by atoms with Gasteiger partial charge in [0.25, 0.3) is 0 Å². The number of nitrogens with zero attached hydrogens (tertiary/aromatic N) is 5. The van der Waals surface area contributed by atoms with Crippen LogP contribution in [0.2, 0.25) is 0 Å². The van der Waals surface area contributed by atoms with Crippen LogP contribution in [0, 0.1) is 0 Å². The molecule has 0 aliphatic carbocycles. The van der Waals surface area contributed by atoms with Gasteiger partial charge >= 0.3 is 0 Å². The number of hydrogen-bond donors (Lipinski definition) is 0. The van der Waals surface area contributed by atoms with Gasteiger partial charge in [-0.3, -0.25) is 0 Å². The fourth-order valence-electron chi connectivity index (χ4n) is 8.61. The van der Waals surface area contributed by atoms with E-state index < -0.39 is 0 Å². The molecule has 0 saturated carbocycles. The molecule has 6 heteroatoms. The third-order valence-electron chi connectivity index (χ3n) is 11.1. The molecule has 4 heterocycles. The first-order valence-electron chi connectivity index (χ1n) is 19.1. The molecule has 0 amide bonds. The molecule has 0 aliphatic heterocycles. The number of benzene rings is 8. The van der Waals surface area contributed by atoms with E-state index in [2.05, 4.69) is 143 Å². The van der Waals surface area contributed by atoms with E-state index in [1.807, 2.05) is 54.6 Å². The first-order valence-corrected chi connectivity index (χ1v) is 19.1. The van der Waals surface area contributed by atoms with Crippen molar-refractivity contribution in [2.75, 3.05) is 0 Å². The van der Waals surface area contributed by atoms with Crippen molar-refractivity contribution in [1.82, 2.24) is 24.1 Å². The summed E-state index contributed by atoms with van der Waals surface area (Å²) in [7, 11) is 0. The molecule has 0 aliphatic rings. The SMILES string of the molecule is c1ccc(-c2nc(-c3cccc(-n4c5ccccc5c5ccc6c7ccccc7n(-c7ccccc7)c6c54)c3)nc(-c3ccc4c(c3)oc3ccccc34)n2)cc1. The van der Waals surface area contributed by atoms with Gasteiger partial charge in [-0.25, -0.2) is 15.0 Å². The van der Waals surface area contributed by atoms with Gasteiger partial charge in [-0.1, -0.05) is 133 Å². The largest absolute Gasteiger partial charge is 0.456 e. The average Bonchev–Trinajstić information content (AvgIpc) is 3.94. The Balaban J connectivity index is 1.10. The molecule has 0 bridgehead atoms. The summed E-state index contributed by atoms with van der Waals surface area (Å²) in [6.07, 6.45) is 0. The van der Waals surface area contributed by atoms with Crippen molar-refractivity contribution in [2.45, 2.75) is 0 Å². The van der Waals surface area contributed by atoms with Crippen LogP contribution in [0.3, 0.4) is 0 Å². The molecule has 0 fully saturated rings. The summed E-state index contributed by atoms with van der Waals surface area (Å²) in [5, 5.41) is 6.96. The maximum Gasteiger partial charge on any atom is 0.164 e. The molecule has 6 nitrogen and oxygen atoms in total. The Morgan fingerprint density at radius 2 is 0.789 bits per heavy atom. The summed E-state index contributed by atoms with van der Waals surface area (Å²) >= 11 is 0. The summed E-state index contributed by atoms with van der Waals surface area (Å²) in [6, 6.07) is 65.6. The lowest BCUT2D eigenvalue weighted by Crippen LogP contribution is -2.01. The van der Waals surface area contributed by atoms with E-state index in [1.54, 1.807) is 0 Å². The normalized spacial score (nSPS) is 11.9. The summed E-state index contributed by atoms with van der Waals surface area (Å²) < 4.78 is 11.1. The van der Waals surface area contributed by atoms with Crippen molar-refractivity contribution in [2.24, 2.45) is 0 Å². The van der Waals surface area contributed by atoms with E-state index in [1.165, 1.54) is 27.1 Å². The molecule has 57 heavy (non-hydrogen) atoms. The lowest BCUT2D eigenvalue weighted by atomic mass is 10.1. The smallest absolute Gasteiger partial charge is 0.164 e. The lowest BCUT2D eigenvalue weighted by Gasteiger charge is -2.14. The number of hydrogen-bond acceptors (Lipinski definition) is 4. The molecule has 0 radical (unpaired) electrons. The average molecular weight is 730 g/mol. The summed E-state index contributed by atoms with van der Waals surface area (Å²) in [6.45, 7) is 0. The Kier molecular flexibility index (Phi) is 6.83. The highest BCUT2D eigenvalue weighted by Gasteiger charge is 2.22. The van der Waals surface area contributed by atoms with Crippen LogP contribution >= 0.6 is 0 Å². The molecule has 0 unspecified atom stereocenters. The van der Waals surface area contributed by atoms with Crippen LogP contribution in [0.4, 0.5) is 0 Å². The standard InChI is InChI=1S/C51H31N5O/c1-3-14-32(15-4-1)49-52-50(54-51(53-49)34-26-27-40-39-22-9-12-25-45(39)57-46(40)31-34)33-16-13-19-36(30-33)56-44-24-11-8-21-38(44)42-29-28-41-37-20-7-10-23-43(37)55(47(41)48(42)56)35-17-5-2-6-18-35/h1-31H. The number of rotatable bonds is 5.